The second-order valence-electron chi connectivity index (χ2n) is 15.5. The fraction of sp³-hybridized carbons (Fsp3) is 0.875. The van der Waals surface area contributed by atoms with Crippen molar-refractivity contribution in [3.63, 3.8) is 0 Å². The summed E-state index contributed by atoms with van der Waals surface area (Å²) in [5.74, 6) is 1.57. The third-order valence-corrected chi connectivity index (χ3v) is 12.8. The van der Waals surface area contributed by atoms with E-state index in [0.29, 0.717) is 17.8 Å². The first-order valence-electron chi connectivity index (χ1n) is 14.7. The number of esters is 1. The van der Waals surface area contributed by atoms with Gasteiger partial charge in [0, 0.05) is 23.7 Å². The highest BCUT2D eigenvalue weighted by Gasteiger charge is 2.64. The molecule has 9 atom stereocenters. The molecule has 0 saturated heterocycles. The maximum atomic E-state index is 13.7. The number of aliphatic hydroxyl groups excluding tert-OH is 1. The Morgan fingerprint density at radius 3 is 2.19 bits per heavy atom. The molecule has 1 N–H and O–H groups in total. The van der Waals surface area contributed by atoms with E-state index < -0.39 is 6.10 Å². The summed E-state index contributed by atoms with van der Waals surface area (Å²) < 4.78 is 5.87. The van der Waals surface area contributed by atoms with Crippen molar-refractivity contribution in [2.45, 2.75) is 125 Å². The number of carbonyl (C=O) groups excluding carboxylic acids is 2. The van der Waals surface area contributed by atoms with Gasteiger partial charge < -0.3 is 9.84 Å². The fourth-order valence-electron chi connectivity index (χ4n) is 11.3. The third-order valence-electron chi connectivity index (χ3n) is 12.8. The number of carbonyl (C=O) groups is 2. The van der Waals surface area contributed by atoms with E-state index in [1.807, 2.05) is 6.08 Å². The molecule has 202 valence electrons. The van der Waals surface area contributed by atoms with Gasteiger partial charge >= 0.3 is 5.97 Å². The summed E-state index contributed by atoms with van der Waals surface area (Å²) in [7, 11) is 0. The Balaban J connectivity index is 1.50. The molecule has 0 spiro atoms. The molecular formula is C32H50O4. The number of fused-ring (bicyclic) bond motifs is 6. The van der Waals surface area contributed by atoms with Gasteiger partial charge in [-0.3, -0.25) is 9.59 Å². The van der Waals surface area contributed by atoms with Crippen molar-refractivity contribution in [3.05, 3.63) is 11.6 Å². The van der Waals surface area contributed by atoms with Crippen molar-refractivity contribution in [1.82, 2.24) is 0 Å². The van der Waals surface area contributed by atoms with Crippen molar-refractivity contribution >= 4 is 11.8 Å². The van der Waals surface area contributed by atoms with Gasteiger partial charge in [0.2, 0.25) is 0 Å². The summed E-state index contributed by atoms with van der Waals surface area (Å²) in [5.41, 5.74) is 1.34. The molecular weight excluding hydrogens is 448 g/mol. The lowest BCUT2D eigenvalue weighted by atomic mass is 9.42. The summed E-state index contributed by atoms with van der Waals surface area (Å²) in [4.78, 5) is 25.6. The molecule has 0 bridgehead atoms. The van der Waals surface area contributed by atoms with Gasteiger partial charge in [-0.2, -0.15) is 0 Å². The van der Waals surface area contributed by atoms with Crippen molar-refractivity contribution in [2.24, 2.45) is 50.7 Å². The van der Waals surface area contributed by atoms with E-state index >= 15 is 0 Å². The first-order chi connectivity index (χ1) is 16.6. The zero-order valence-corrected chi connectivity index (χ0v) is 24.1. The van der Waals surface area contributed by atoms with Gasteiger partial charge in [0.15, 0.2) is 5.78 Å². The molecule has 0 unspecified atom stereocenters. The number of hydrogen-bond acceptors (Lipinski definition) is 4. The highest BCUT2D eigenvalue weighted by atomic mass is 16.5. The molecule has 0 aromatic carbocycles. The van der Waals surface area contributed by atoms with Gasteiger partial charge in [-0.1, -0.05) is 54.0 Å². The number of hydrogen-bond donors (Lipinski definition) is 1. The number of ketones is 1. The second kappa shape index (κ2) is 8.17. The minimum atomic E-state index is -0.408. The largest absolute Gasteiger partial charge is 0.462 e. The van der Waals surface area contributed by atoms with Crippen LogP contribution in [0.15, 0.2) is 11.6 Å². The second-order valence-corrected chi connectivity index (χ2v) is 15.5. The number of allylic oxidation sites excluding steroid dienone is 2. The van der Waals surface area contributed by atoms with Gasteiger partial charge in [0.05, 0.1) is 6.10 Å². The molecule has 5 aliphatic carbocycles. The highest BCUT2D eigenvalue weighted by molar-refractivity contribution is 5.95. The van der Waals surface area contributed by atoms with E-state index in [0.717, 1.165) is 38.5 Å². The Morgan fingerprint density at radius 1 is 0.861 bits per heavy atom. The average molecular weight is 499 g/mol. The molecule has 0 aromatic heterocycles. The van der Waals surface area contributed by atoms with Gasteiger partial charge in [0.25, 0.3) is 0 Å². The zero-order chi connectivity index (χ0) is 26.5. The smallest absolute Gasteiger partial charge is 0.302 e. The number of rotatable bonds is 1. The van der Waals surface area contributed by atoms with Crippen molar-refractivity contribution in [1.29, 1.82) is 0 Å². The van der Waals surface area contributed by atoms with Crippen LogP contribution < -0.4 is 0 Å². The van der Waals surface area contributed by atoms with E-state index in [9.17, 15) is 14.7 Å². The minimum Gasteiger partial charge on any atom is -0.462 e. The van der Waals surface area contributed by atoms with Crippen molar-refractivity contribution < 1.29 is 19.4 Å². The van der Waals surface area contributed by atoms with Gasteiger partial charge in [-0.25, -0.2) is 0 Å². The molecule has 0 radical (unpaired) electrons. The van der Waals surface area contributed by atoms with Gasteiger partial charge in [-0.05, 0) is 97.9 Å². The predicted molar refractivity (Wildman–Crippen MR) is 142 cm³/mol. The standard InChI is InChI=1S/C32H50O4/c1-19(33)36-26-13-16-32(8)23(28(26,2)3)11-14-30(6)18-20-17-22(34)27-29(4,5)25(35)12-15-31(27,7)21(20)9-10-24(30)32/h17,21,23-27,35H,9-16,18H2,1-8H3/t21-,23-,24+,25+,26+,27-,30-,31+,32-/m0/s1. The molecule has 5 aliphatic rings. The summed E-state index contributed by atoms with van der Waals surface area (Å²) >= 11 is 0. The Hall–Kier alpha value is -1.16. The number of aliphatic hydroxyl groups is 1. The topological polar surface area (TPSA) is 63.6 Å². The van der Waals surface area contributed by atoms with E-state index in [4.69, 9.17) is 4.74 Å². The van der Waals surface area contributed by atoms with E-state index in [1.54, 1.807) is 6.92 Å². The fourth-order valence-corrected chi connectivity index (χ4v) is 11.3. The van der Waals surface area contributed by atoms with Crippen LogP contribution in [0.5, 0.6) is 0 Å². The van der Waals surface area contributed by atoms with Crippen LogP contribution in [-0.2, 0) is 14.3 Å². The van der Waals surface area contributed by atoms with E-state index in [2.05, 4.69) is 48.5 Å². The lowest BCUT2D eigenvalue weighted by Crippen LogP contribution is -2.59. The van der Waals surface area contributed by atoms with Crippen molar-refractivity contribution in [2.75, 3.05) is 0 Å². The van der Waals surface area contributed by atoms with E-state index in [-0.39, 0.29) is 50.8 Å². The molecule has 0 aliphatic heterocycles. The number of ether oxygens (including phenoxy) is 1. The highest BCUT2D eigenvalue weighted by Crippen LogP contribution is 2.70. The molecule has 0 amide bonds. The van der Waals surface area contributed by atoms with Crippen LogP contribution in [0.25, 0.3) is 0 Å². The Morgan fingerprint density at radius 2 is 1.53 bits per heavy atom. The molecule has 0 aromatic rings. The normalized spacial score (nSPS) is 49.4. The third kappa shape index (κ3) is 3.55. The van der Waals surface area contributed by atoms with Crippen molar-refractivity contribution in [3.8, 4) is 0 Å². The molecule has 4 nitrogen and oxygen atoms in total. The SMILES string of the molecule is CC(=O)O[C@@H]1CC[C@]2(C)[C@@H]3CC[C@H]4C(=CC(=O)[C@H]5C(C)(C)[C@H](O)CC[C@]45C)C[C@]3(C)CC[C@H]2C1(C)C. The summed E-state index contributed by atoms with van der Waals surface area (Å²) in [6.07, 6.45) is 11.2. The molecule has 4 fully saturated rings. The Labute approximate surface area is 219 Å². The Kier molecular flexibility index (Phi) is 6.00. The molecule has 0 heterocycles. The quantitative estimate of drug-likeness (QED) is 0.400. The summed E-state index contributed by atoms with van der Waals surface area (Å²) in [6, 6.07) is 0. The van der Waals surface area contributed by atoms with Gasteiger partial charge in [-0.15, -0.1) is 0 Å². The van der Waals surface area contributed by atoms with E-state index in [1.165, 1.54) is 24.8 Å². The molecule has 4 heteroatoms. The first-order valence-corrected chi connectivity index (χ1v) is 14.7. The zero-order valence-electron chi connectivity index (χ0n) is 24.1. The molecule has 4 saturated carbocycles. The first kappa shape index (κ1) is 26.4. The van der Waals surface area contributed by atoms with Crippen LogP contribution in [-0.4, -0.2) is 29.1 Å². The van der Waals surface area contributed by atoms with Crippen LogP contribution in [0.4, 0.5) is 0 Å². The lowest BCUT2D eigenvalue weighted by molar-refractivity contribution is -0.191. The maximum Gasteiger partial charge on any atom is 0.302 e. The lowest BCUT2D eigenvalue weighted by Gasteiger charge is -2.64. The predicted octanol–water partition coefficient (Wildman–Crippen LogP) is 6.89. The monoisotopic (exact) mass is 498 g/mol. The summed E-state index contributed by atoms with van der Waals surface area (Å²) in [5, 5.41) is 10.9. The molecule has 36 heavy (non-hydrogen) atoms. The Bertz CT molecular complexity index is 977. The van der Waals surface area contributed by atoms with Crippen LogP contribution in [0.3, 0.4) is 0 Å². The van der Waals surface area contributed by atoms with Crippen LogP contribution in [0, 0.1) is 50.7 Å². The minimum absolute atomic E-state index is 0.00156. The molecule has 5 rings (SSSR count). The average Bonchev–Trinajstić information content (AvgIpc) is 2.89. The van der Waals surface area contributed by atoms with Crippen LogP contribution in [0.1, 0.15) is 113 Å². The van der Waals surface area contributed by atoms with Crippen LogP contribution >= 0.6 is 0 Å². The maximum absolute atomic E-state index is 13.7. The summed E-state index contributed by atoms with van der Waals surface area (Å²) in [6.45, 7) is 17.9. The van der Waals surface area contributed by atoms with Crippen LogP contribution in [0.2, 0.25) is 0 Å². The van der Waals surface area contributed by atoms with Gasteiger partial charge in [0.1, 0.15) is 6.10 Å².